The molecule has 0 bridgehead atoms. The average molecular weight is 368 g/mol. The normalized spacial score (nSPS) is 18.0. The fourth-order valence-corrected chi connectivity index (χ4v) is 3.06. The summed E-state index contributed by atoms with van der Waals surface area (Å²) in [5, 5.41) is 3.38. The monoisotopic (exact) mass is 367 g/mol. The van der Waals surface area contributed by atoms with E-state index in [1.54, 1.807) is 24.4 Å². The van der Waals surface area contributed by atoms with Crippen LogP contribution in [0.3, 0.4) is 0 Å². The fourth-order valence-electron chi connectivity index (χ4n) is 2.65. The summed E-state index contributed by atoms with van der Waals surface area (Å²) in [6.45, 7) is 2.18. The molecule has 2 heterocycles. The van der Waals surface area contributed by atoms with Gasteiger partial charge in [0, 0.05) is 35.7 Å². The van der Waals surface area contributed by atoms with E-state index in [-0.39, 0.29) is 11.9 Å². The van der Waals surface area contributed by atoms with Gasteiger partial charge in [-0.3, -0.25) is 0 Å². The van der Waals surface area contributed by atoms with Crippen molar-refractivity contribution in [3.8, 4) is 0 Å². The number of hydrogen-bond acceptors (Lipinski definition) is 3. The standard InChI is InChI=1S/C16H16BrF2N3/c17-12-1-3-15(18)11(7-12)8-20-13-5-6-22(10-13)14-2-4-16(19)21-9-14/h1-4,7,9,13,20H,5-6,8,10H2. The maximum atomic E-state index is 13.7. The Bertz CT molecular complexity index is 648. The number of aromatic nitrogens is 1. The maximum Gasteiger partial charge on any atom is 0.212 e. The lowest BCUT2D eigenvalue weighted by Crippen LogP contribution is -2.32. The van der Waals surface area contributed by atoms with Crippen LogP contribution < -0.4 is 10.2 Å². The summed E-state index contributed by atoms with van der Waals surface area (Å²) in [4.78, 5) is 5.83. The van der Waals surface area contributed by atoms with Crippen LogP contribution in [0, 0.1) is 11.8 Å². The minimum Gasteiger partial charge on any atom is -0.369 e. The molecule has 1 atom stereocenters. The first kappa shape index (κ1) is 15.4. The minimum atomic E-state index is -0.470. The molecule has 3 nitrogen and oxygen atoms in total. The Morgan fingerprint density at radius 2 is 2.14 bits per heavy atom. The van der Waals surface area contributed by atoms with Gasteiger partial charge in [-0.2, -0.15) is 4.39 Å². The molecule has 1 aliphatic heterocycles. The number of halogens is 3. The molecule has 0 aliphatic carbocycles. The molecule has 0 spiro atoms. The van der Waals surface area contributed by atoms with Gasteiger partial charge in [-0.1, -0.05) is 15.9 Å². The van der Waals surface area contributed by atoms with E-state index in [0.29, 0.717) is 12.1 Å². The van der Waals surface area contributed by atoms with Gasteiger partial charge in [-0.05, 0) is 36.8 Å². The van der Waals surface area contributed by atoms with Gasteiger partial charge in [0.2, 0.25) is 5.95 Å². The lowest BCUT2D eigenvalue weighted by molar-refractivity contribution is 0.529. The molecule has 6 heteroatoms. The van der Waals surface area contributed by atoms with Gasteiger partial charge in [-0.15, -0.1) is 0 Å². The molecular formula is C16H16BrF2N3. The third kappa shape index (κ3) is 3.62. The third-order valence-electron chi connectivity index (χ3n) is 3.85. The summed E-state index contributed by atoms with van der Waals surface area (Å²) in [6, 6.07) is 8.33. The van der Waals surface area contributed by atoms with Crippen LogP contribution in [-0.4, -0.2) is 24.1 Å². The first-order valence-corrected chi connectivity index (χ1v) is 7.95. The first-order chi connectivity index (χ1) is 10.6. The van der Waals surface area contributed by atoms with E-state index in [9.17, 15) is 8.78 Å². The zero-order valence-electron chi connectivity index (χ0n) is 11.9. The van der Waals surface area contributed by atoms with E-state index in [1.807, 2.05) is 0 Å². The Hall–Kier alpha value is -1.53. The summed E-state index contributed by atoms with van der Waals surface area (Å²) >= 11 is 3.36. The highest BCUT2D eigenvalue weighted by Crippen LogP contribution is 2.20. The van der Waals surface area contributed by atoms with E-state index in [4.69, 9.17) is 0 Å². The lowest BCUT2D eigenvalue weighted by Gasteiger charge is -2.18. The molecule has 0 amide bonds. The van der Waals surface area contributed by atoms with Gasteiger partial charge < -0.3 is 10.2 Å². The van der Waals surface area contributed by atoms with Gasteiger partial charge in [-0.25, -0.2) is 9.37 Å². The van der Waals surface area contributed by atoms with Crippen molar-refractivity contribution in [2.75, 3.05) is 18.0 Å². The summed E-state index contributed by atoms with van der Waals surface area (Å²) in [7, 11) is 0. The quantitative estimate of drug-likeness (QED) is 0.838. The van der Waals surface area contributed by atoms with E-state index in [0.717, 1.165) is 29.7 Å². The number of benzene rings is 1. The van der Waals surface area contributed by atoms with Crippen molar-refractivity contribution >= 4 is 21.6 Å². The molecule has 3 rings (SSSR count). The Morgan fingerprint density at radius 3 is 2.91 bits per heavy atom. The zero-order valence-corrected chi connectivity index (χ0v) is 13.5. The molecule has 1 aliphatic rings. The van der Waals surface area contributed by atoms with E-state index in [1.165, 1.54) is 12.1 Å². The van der Waals surface area contributed by atoms with Crippen LogP contribution in [0.1, 0.15) is 12.0 Å². The molecule has 1 fully saturated rings. The van der Waals surface area contributed by atoms with Crippen molar-refractivity contribution in [2.45, 2.75) is 19.0 Å². The number of rotatable bonds is 4. The van der Waals surface area contributed by atoms with Crippen molar-refractivity contribution in [3.63, 3.8) is 0 Å². The van der Waals surface area contributed by atoms with E-state index in [2.05, 4.69) is 31.1 Å². The molecule has 1 aromatic heterocycles. The Morgan fingerprint density at radius 1 is 1.27 bits per heavy atom. The molecule has 1 unspecified atom stereocenters. The van der Waals surface area contributed by atoms with Gasteiger partial charge >= 0.3 is 0 Å². The molecule has 1 aromatic carbocycles. The number of nitrogens with one attached hydrogen (secondary N) is 1. The number of nitrogens with zero attached hydrogens (tertiary/aromatic N) is 2. The predicted octanol–water partition coefficient (Wildman–Crippen LogP) is 3.49. The van der Waals surface area contributed by atoms with Gasteiger partial charge in [0.15, 0.2) is 0 Å². The summed E-state index contributed by atoms with van der Waals surface area (Å²) in [5.74, 6) is -0.670. The van der Waals surface area contributed by atoms with Gasteiger partial charge in [0.05, 0.1) is 11.9 Å². The predicted molar refractivity (Wildman–Crippen MR) is 85.8 cm³/mol. The Kier molecular flexibility index (Phi) is 4.69. The largest absolute Gasteiger partial charge is 0.369 e. The van der Waals surface area contributed by atoms with Crippen LogP contribution in [0.5, 0.6) is 0 Å². The molecule has 1 N–H and O–H groups in total. The fraction of sp³-hybridized carbons (Fsp3) is 0.312. The number of pyridine rings is 1. The Balaban J connectivity index is 1.57. The first-order valence-electron chi connectivity index (χ1n) is 7.15. The van der Waals surface area contributed by atoms with Crippen LogP contribution in [-0.2, 0) is 6.54 Å². The molecule has 22 heavy (non-hydrogen) atoms. The second-order valence-corrected chi connectivity index (χ2v) is 6.30. The van der Waals surface area contributed by atoms with Gasteiger partial charge in [0.25, 0.3) is 0 Å². The van der Waals surface area contributed by atoms with Crippen LogP contribution in [0.25, 0.3) is 0 Å². The van der Waals surface area contributed by atoms with Crippen molar-refractivity contribution in [2.24, 2.45) is 0 Å². The van der Waals surface area contributed by atoms with E-state index < -0.39 is 5.95 Å². The van der Waals surface area contributed by atoms with Crippen LogP contribution in [0.15, 0.2) is 41.0 Å². The van der Waals surface area contributed by atoms with Crippen molar-refractivity contribution in [1.29, 1.82) is 0 Å². The highest BCUT2D eigenvalue weighted by atomic mass is 79.9. The van der Waals surface area contributed by atoms with Crippen LogP contribution in [0.4, 0.5) is 14.5 Å². The maximum absolute atomic E-state index is 13.7. The highest BCUT2D eigenvalue weighted by molar-refractivity contribution is 9.10. The smallest absolute Gasteiger partial charge is 0.212 e. The lowest BCUT2D eigenvalue weighted by atomic mass is 10.2. The van der Waals surface area contributed by atoms with Gasteiger partial charge in [0.1, 0.15) is 5.82 Å². The minimum absolute atomic E-state index is 0.201. The second-order valence-electron chi connectivity index (χ2n) is 5.39. The summed E-state index contributed by atoms with van der Waals surface area (Å²) in [6.07, 6.45) is 2.51. The molecule has 1 saturated heterocycles. The second kappa shape index (κ2) is 6.71. The molecular weight excluding hydrogens is 352 g/mol. The van der Waals surface area contributed by atoms with Crippen molar-refractivity contribution in [1.82, 2.24) is 10.3 Å². The molecule has 0 saturated carbocycles. The zero-order chi connectivity index (χ0) is 15.5. The van der Waals surface area contributed by atoms with E-state index >= 15 is 0 Å². The summed E-state index contributed by atoms with van der Waals surface area (Å²) in [5.41, 5.74) is 1.57. The molecule has 0 radical (unpaired) electrons. The van der Waals surface area contributed by atoms with Crippen molar-refractivity contribution < 1.29 is 8.78 Å². The highest BCUT2D eigenvalue weighted by Gasteiger charge is 2.22. The number of anilines is 1. The van der Waals surface area contributed by atoms with Crippen LogP contribution in [0.2, 0.25) is 0 Å². The SMILES string of the molecule is Fc1ccc(N2CCC(NCc3cc(Br)ccc3F)C2)cn1. The average Bonchev–Trinajstić information content (AvgIpc) is 2.98. The molecule has 2 aromatic rings. The summed E-state index contributed by atoms with van der Waals surface area (Å²) < 4.78 is 27.4. The van der Waals surface area contributed by atoms with Crippen molar-refractivity contribution in [3.05, 3.63) is 58.3 Å². The van der Waals surface area contributed by atoms with Crippen LogP contribution >= 0.6 is 15.9 Å². The molecule has 116 valence electrons. The topological polar surface area (TPSA) is 28.2 Å². The number of hydrogen-bond donors (Lipinski definition) is 1. The Labute approximate surface area is 136 Å². The third-order valence-corrected chi connectivity index (χ3v) is 4.35.